The summed E-state index contributed by atoms with van der Waals surface area (Å²) in [6, 6.07) is 5.42. The topological polar surface area (TPSA) is 92.7 Å². The molecule has 0 heterocycles. The van der Waals surface area contributed by atoms with E-state index >= 15 is 0 Å². The van der Waals surface area contributed by atoms with Crippen LogP contribution in [0.4, 0.5) is 0 Å². The van der Waals surface area contributed by atoms with E-state index in [4.69, 9.17) is 9.84 Å². The first kappa shape index (κ1) is 16.6. The van der Waals surface area contributed by atoms with Crippen LogP contribution in [0.5, 0.6) is 0 Å². The molecular formula is C13H19NO5S. The molecule has 0 spiro atoms. The van der Waals surface area contributed by atoms with Crippen molar-refractivity contribution < 1.29 is 23.1 Å². The van der Waals surface area contributed by atoms with Crippen LogP contribution in [-0.2, 0) is 14.8 Å². The number of rotatable bonds is 6. The molecule has 112 valence electrons. The molecule has 2 N–H and O–H groups in total. The van der Waals surface area contributed by atoms with Crippen molar-refractivity contribution in [1.82, 2.24) is 4.72 Å². The Morgan fingerprint density at radius 3 is 2.30 bits per heavy atom. The highest BCUT2D eigenvalue weighted by Crippen LogP contribution is 2.14. The van der Waals surface area contributed by atoms with E-state index in [1.807, 2.05) is 0 Å². The third-order valence-electron chi connectivity index (χ3n) is 2.48. The van der Waals surface area contributed by atoms with Gasteiger partial charge >= 0.3 is 5.97 Å². The Hall–Kier alpha value is -1.44. The molecule has 0 aliphatic rings. The standard InChI is InChI=1S/C13H19NO5S/c1-4-19-12(16)10-5-7-11(8-6-10)20(17,18)14-13(2,3)9-15/h5-8,14-15H,4,9H2,1-3H3. The molecule has 1 rings (SSSR count). The number of aliphatic hydroxyl groups excluding tert-OH is 1. The molecule has 0 radical (unpaired) electrons. The number of sulfonamides is 1. The highest BCUT2D eigenvalue weighted by molar-refractivity contribution is 7.89. The summed E-state index contributed by atoms with van der Waals surface area (Å²) in [5, 5.41) is 9.09. The lowest BCUT2D eigenvalue weighted by Gasteiger charge is -2.23. The quantitative estimate of drug-likeness (QED) is 0.762. The van der Waals surface area contributed by atoms with Gasteiger partial charge in [-0.05, 0) is 45.0 Å². The predicted molar refractivity (Wildman–Crippen MR) is 73.9 cm³/mol. The van der Waals surface area contributed by atoms with Crippen LogP contribution in [0.3, 0.4) is 0 Å². The molecule has 7 heteroatoms. The highest BCUT2D eigenvalue weighted by Gasteiger charge is 2.25. The van der Waals surface area contributed by atoms with Gasteiger partial charge in [0.1, 0.15) is 0 Å². The second kappa shape index (κ2) is 6.34. The maximum atomic E-state index is 12.1. The molecule has 20 heavy (non-hydrogen) atoms. The van der Waals surface area contributed by atoms with Gasteiger partial charge in [0.15, 0.2) is 0 Å². The van der Waals surface area contributed by atoms with Gasteiger partial charge < -0.3 is 9.84 Å². The largest absolute Gasteiger partial charge is 0.462 e. The van der Waals surface area contributed by atoms with Crippen LogP contribution in [0.25, 0.3) is 0 Å². The first-order valence-electron chi connectivity index (χ1n) is 6.14. The van der Waals surface area contributed by atoms with Crippen molar-refractivity contribution in [3.05, 3.63) is 29.8 Å². The van der Waals surface area contributed by atoms with E-state index in [0.29, 0.717) is 0 Å². The average Bonchev–Trinajstić information content (AvgIpc) is 2.38. The highest BCUT2D eigenvalue weighted by atomic mass is 32.2. The van der Waals surface area contributed by atoms with Gasteiger partial charge in [0.05, 0.1) is 29.2 Å². The number of hydrogen-bond acceptors (Lipinski definition) is 5. The minimum Gasteiger partial charge on any atom is -0.462 e. The summed E-state index contributed by atoms with van der Waals surface area (Å²) in [7, 11) is -3.75. The molecule has 0 aliphatic heterocycles. The zero-order valence-corrected chi connectivity index (χ0v) is 12.5. The number of esters is 1. The fourth-order valence-electron chi connectivity index (χ4n) is 1.44. The summed E-state index contributed by atoms with van der Waals surface area (Å²) in [5.41, 5.74) is -0.675. The van der Waals surface area contributed by atoms with Gasteiger partial charge in [-0.3, -0.25) is 0 Å². The Kier molecular flexibility index (Phi) is 5.27. The number of hydrogen-bond donors (Lipinski definition) is 2. The smallest absolute Gasteiger partial charge is 0.338 e. The summed E-state index contributed by atoms with van der Waals surface area (Å²) in [6.45, 7) is 4.75. The number of carbonyl (C=O) groups is 1. The summed E-state index contributed by atoms with van der Waals surface area (Å²) in [5.74, 6) is -0.500. The molecule has 0 aliphatic carbocycles. The number of carbonyl (C=O) groups excluding carboxylic acids is 1. The molecule has 0 unspecified atom stereocenters. The molecule has 0 amide bonds. The SMILES string of the molecule is CCOC(=O)c1ccc(S(=O)(=O)NC(C)(C)CO)cc1. The molecule has 0 saturated heterocycles. The van der Waals surface area contributed by atoms with E-state index in [1.54, 1.807) is 20.8 Å². The van der Waals surface area contributed by atoms with Crippen molar-refractivity contribution in [3.8, 4) is 0 Å². The van der Waals surface area contributed by atoms with Crippen molar-refractivity contribution in [2.24, 2.45) is 0 Å². The number of nitrogens with one attached hydrogen (secondary N) is 1. The maximum absolute atomic E-state index is 12.1. The van der Waals surface area contributed by atoms with Crippen molar-refractivity contribution in [1.29, 1.82) is 0 Å². The van der Waals surface area contributed by atoms with E-state index in [9.17, 15) is 13.2 Å². The number of aliphatic hydroxyl groups is 1. The second-order valence-corrected chi connectivity index (χ2v) is 6.57. The molecule has 0 saturated carbocycles. The zero-order chi connectivity index (χ0) is 15.4. The Labute approximate surface area is 118 Å². The third kappa shape index (κ3) is 4.29. The van der Waals surface area contributed by atoms with Gasteiger partial charge in [-0.15, -0.1) is 0 Å². The molecule has 0 fully saturated rings. The fraction of sp³-hybridized carbons (Fsp3) is 0.462. The van der Waals surface area contributed by atoms with Crippen LogP contribution in [0.15, 0.2) is 29.2 Å². The first-order chi connectivity index (χ1) is 9.22. The summed E-state index contributed by atoms with van der Waals surface area (Å²) >= 11 is 0. The van der Waals surface area contributed by atoms with Gasteiger partial charge in [0, 0.05) is 0 Å². The second-order valence-electron chi connectivity index (χ2n) is 4.89. The van der Waals surface area contributed by atoms with E-state index < -0.39 is 21.5 Å². The third-order valence-corrected chi connectivity index (χ3v) is 4.20. The van der Waals surface area contributed by atoms with Crippen molar-refractivity contribution in [3.63, 3.8) is 0 Å². The van der Waals surface area contributed by atoms with Gasteiger partial charge in [0.2, 0.25) is 10.0 Å². The molecular weight excluding hydrogens is 282 g/mol. The van der Waals surface area contributed by atoms with Gasteiger partial charge in [0.25, 0.3) is 0 Å². The monoisotopic (exact) mass is 301 g/mol. The van der Waals surface area contributed by atoms with E-state index in [0.717, 1.165) is 0 Å². The molecule has 1 aromatic rings. The fourth-order valence-corrected chi connectivity index (χ4v) is 2.84. The summed E-state index contributed by atoms with van der Waals surface area (Å²) < 4.78 is 31.3. The van der Waals surface area contributed by atoms with Crippen LogP contribution in [0.2, 0.25) is 0 Å². The van der Waals surface area contributed by atoms with Gasteiger partial charge in [-0.25, -0.2) is 17.9 Å². The Morgan fingerprint density at radius 2 is 1.85 bits per heavy atom. The average molecular weight is 301 g/mol. The van der Waals surface area contributed by atoms with E-state index in [2.05, 4.69) is 4.72 Å². The Balaban J connectivity index is 2.96. The summed E-state index contributed by atoms with van der Waals surface area (Å²) in [6.07, 6.45) is 0. The Morgan fingerprint density at radius 1 is 1.30 bits per heavy atom. The van der Waals surface area contributed by atoms with Crippen LogP contribution >= 0.6 is 0 Å². The minimum absolute atomic E-state index is 0.0204. The van der Waals surface area contributed by atoms with Gasteiger partial charge in [-0.2, -0.15) is 0 Å². The molecule has 0 aromatic heterocycles. The van der Waals surface area contributed by atoms with E-state index in [-0.39, 0.29) is 23.7 Å². The predicted octanol–water partition coefficient (Wildman–Crippen LogP) is 0.912. The first-order valence-corrected chi connectivity index (χ1v) is 7.62. The normalized spacial score (nSPS) is 12.2. The molecule has 6 nitrogen and oxygen atoms in total. The summed E-state index contributed by atoms with van der Waals surface area (Å²) in [4.78, 5) is 11.5. The number of benzene rings is 1. The molecule has 1 aromatic carbocycles. The number of ether oxygens (including phenoxy) is 1. The van der Waals surface area contributed by atoms with E-state index in [1.165, 1.54) is 24.3 Å². The van der Waals surface area contributed by atoms with Crippen molar-refractivity contribution in [2.75, 3.05) is 13.2 Å². The van der Waals surface area contributed by atoms with Crippen LogP contribution in [-0.4, -0.2) is 38.2 Å². The lowest BCUT2D eigenvalue weighted by atomic mass is 10.1. The van der Waals surface area contributed by atoms with Crippen molar-refractivity contribution >= 4 is 16.0 Å². The van der Waals surface area contributed by atoms with Crippen LogP contribution < -0.4 is 4.72 Å². The Bertz CT molecular complexity index is 563. The zero-order valence-electron chi connectivity index (χ0n) is 11.7. The van der Waals surface area contributed by atoms with Crippen molar-refractivity contribution in [2.45, 2.75) is 31.2 Å². The van der Waals surface area contributed by atoms with Crippen LogP contribution in [0.1, 0.15) is 31.1 Å². The lowest BCUT2D eigenvalue weighted by molar-refractivity contribution is 0.0526. The van der Waals surface area contributed by atoms with Crippen LogP contribution in [0, 0.1) is 0 Å². The maximum Gasteiger partial charge on any atom is 0.338 e. The minimum atomic E-state index is -3.75. The lowest BCUT2D eigenvalue weighted by Crippen LogP contribution is -2.46. The van der Waals surface area contributed by atoms with Gasteiger partial charge in [-0.1, -0.05) is 0 Å². The molecule has 0 bridgehead atoms. The molecule has 0 atom stereocenters.